The molecule has 2 aromatic carbocycles. The van der Waals surface area contributed by atoms with Crippen LogP contribution in [-0.4, -0.2) is 5.91 Å². The lowest BCUT2D eigenvalue weighted by atomic mass is 10.1. The molecule has 0 atom stereocenters. The molecule has 7 heteroatoms. The molecule has 0 aliphatic heterocycles. The Morgan fingerprint density at radius 2 is 1.86 bits per heavy atom. The summed E-state index contributed by atoms with van der Waals surface area (Å²) in [6.45, 7) is 2.12. The lowest BCUT2D eigenvalue weighted by Crippen LogP contribution is -2.15. The van der Waals surface area contributed by atoms with E-state index in [1.165, 1.54) is 23.9 Å². The van der Waals surface area contributed by atoms with Gasteiger partial charge in [0.15, 0.2) is 0 Å². The molecule has 0 spiro atoms. The minimum absolute atomic E-state index is 0.0405. The van der Waals surface area contributed by atoms with Gasteiger partial charge in [-0.05, 0) is 48.7 Å². The monoisotopic (exact) mass is 387 g/mol. The highest BCUT2D eigenvalue weighted by atomic mass is 19.4. The van der Waals surface area contributed by atoms with E-state index in [4.69, 9.17) is 0 Å². The van der Waals surface area contributed by atoms with Gasteiger partial charge in [0.25, 0.3) is 5.91 Å². The van der Waals surface area contributed by atoms with Crippen molar-refractivity contribution in [2.45, 2.75) is 32.4 Å². The molecule has 0 unspecified atom stereocenters. The standard InChI is InChI=1S/C21H20F3N3O/c1-2-3-5-15-8-10-18(11-9-15)26-14-16(13-25)20(28)27-19-7-4-6-17(12-19)21(22,23)24/h4,6-12,14,26H,2-3,5H2,1H3,(H,27,28)/b16-14-. The number of nitrogens with zero attached hydrogens (tertiary/aromatic N) is 1. The van der Waals surface area contributed by atoms with Gasteiger partial charge in [-0.25, -0.2) is 0 Å². The van der Waals surface area contributed by atoms with Crippen molar-refractivity contribution in [1.29, 1.82) is 5.26 Å². The zero-order valence-electron chi connectivity index (χ0n) is 15.3. The minimum Gasteiger partial charge on any atom is -0.360 e. The summed E-state index contributed by atoms with van der Waals surface area (Å²) < 4.78 is 38.2. The number of benzene rings is 2. The number of carbonyl (C=O) groups is 1. The Bertz CT molecular complexity index is 881. The Morgan fingerprint density at radius 3 is 2.46 bits per heavy atom. The van der Waals surface area contributed by atoms with Gasteiger partial charge in [0.2, 0.25) is 0 Å². The van der Waals surface area contributed by atoms with E-state index in [0.29, 0.717) is 5.69 Å². The second-order valence-corrected chi connectivity index (χ2v) is 6.15. The molecular weight excluding hydrogens is 367 g/mol. The zero-order chi connectivity index (χ0) is 20.6. The van der Waals surface area contributed by atoms with E-state index < -0.39 is 17.6 Å². The smallest absolute Gasteiger partial charge is 0.360 e. The molecule has 0 heterocycles. The number of nitrogens with one attached hydrogen (secondary N) is 2. The normalized spacial score (nSPS) is 11.6. The first-order chi connectivity index (χ1) is 13.3. The maximum absolute atomic E-state index is 12.7. The molecule has 0 aliphatic rings. The number of aryl methyl sites for hydroxylation is 1. The molecule has 0 fully saturated rings. The third-order valence-electron chi connectivity index (χ3n) is 3.97. The predicted molar refractivity (Wildman–Crippen MR) is 102 cm³/mol. The van der Waals surface area contributed by atoms with Crippen molar-refractivity contribution in [2.24, 2.45) is 0 Å². The number of unbranched alkanes of at least 4 members (excludes halogenated alkanes) is 1. The first-order valence-electron chi connectivity index (χ1n) is 8.78. The Kier molecular flexibility index (Phi) is 7.21. The number of amides is 1. The summed E-state index contributed by atoms with van der Waals surface area (Å²) in [6, 6.07) is 13.6. The van der Waals surface area contributed by atoms with Crippen molar-refractivity contribution in [2.75, 3.05) is 10.6 Å². The highest BCUT2D eigenvalue weighted by Crippen LogP contribution is 2.30. The van der Waals surface area contributed by atoms with Gasteiger partial charge < -0.3 is 10.6 Å². The molecule has 0 saturated carbocycles. The Balaban J connectivity index is 2.04. The van der Waals surface area contributed by atoms with Crippen LogP contribution in [0.25, 0.3) is 0 Å². The molecule has 28 heavy (non-hydrogen) atoms. The van der Waals surface area contributed by atoms with Gasteiger partial charge in [0.05, 0.1) is 5.56 Å². The van der Waals surface area contributed by atoms with E-state index in [2.05, 4.69) is 17.6 Å². The SMILES string of the molecule is CCCCc1ccc(N/C=C(/C#N)C(=O)Nc2cccc(C(F)(F)F)c2)cc1. The minimum atomic E-state index is -4.51. The van der Waals surface area contributed by atoms with Crippen LogP contribution in [0.5, 0.6) is 0 Å². The highest BCUT2D eigenvalue weighted by Gasteiger charge is 2.30. The summed E-state index contributed by atoms with van der Waals surface area (Å²) in [7, 11) is 0. The van der Waals surface area contributed by atoms with Gasteiger partial charge in [-0.1, -0.05) is 31.5 Å². The van der Waals surface area contributed by atoms with Gasteiger partial charge in [-0.15, -0.1) is 0 Å². The average Bonchev–Trinajstić information content (AvgIpc) is 2.67. The van der Waals surface area contributed by atoms with E-state index in [-0.39, 0.29) is 11.3 Å². The Labute approximate surface area is 161 Å². The molecule has 0 saturated heterocycles. The topological polar surface area (TPSA) is 64.9 Å². The molecular formula is C21H20F3N3O. The van der Waals surface area contributed by atoms with Crippen molar-refractivity contribution in [1.82, 2.24) is 0 Å². The summed E-state index contributed by atoms with van der Waals surface area (Å²) >= 11 is 0. The van der Waals surface area contributed by atoms with Gasteiger partial charge in [0, 0.05) is 17.6 Å². The number of halogens is 3. The number of nitriles is 1. The van der Waals surface area contributed by atoms with Gasteiger partial charge in [0.1, 0.15) is 11.6 Å². The van der Waals surface area contributed by atoms with Crippen molar-refractivity contribution in [3.63, 3.8) is 0 Å². The van der Waals surface area contributed by atoms with Gasteiger partial charge in [-0.3, -0.25) is 4.79 Å². The molecule has 4 nitrogen and oxygen atoms in total. The van der Waals surface area contributed by atoms with Crippen LogP contribution < -0.4 is 10.6 Å². The van der Waals surface area contributed by atoms with Crippen LogP contribution in [0.2, 0.25) is 0 Å². The fourth-order valence-corrected chi connectivity index (χ4v) is 2.42. The van der Waals surface area contributed by atoms with Crippen molar-refractivity contribution in [3.8, 4) is 6.07 Å². The fourth-order valence-electron chi connectivity index (χ4n) is 2.42. The molecule has 2 N–H and O–H groups in total. The maximum atomic E-state index is 12.7. The fraction of sp³-hybridized carbons (Fsp3) is 0.238. The molecule has 146 valence electrons. The van der Waals surface area contributed by atoms with Gasteiger partial charge in [-0.2, -0.15) is 18.4 Å². The van der Waals surface area contributed by atoms with Crippen LogP contribution in [0.15, 0.2) is 60.3 Å². The van der Waals surface area contributed by atoms with Crippen LogP contribution >= 0.6 is 0 Å². The quantitative estimate of drug-likeness (QED) is 0.487. The number of rotatable bonds is 7. The maximum Gasteiger partial charge on any atom is 0.416 e. The zero-order valence-corrected chi connectivity index (χ0v) is 15.3. The van der Waals surface area contributed by atoms with Crippen molar-refractivity contribution < 1.29 is 18.0 Å². The molecule has 0 radical (unpaired) electrons. The average molecular weight is 387 g/mol. The molecule has 0 aliphatic carbocycles. The summed E-state index contributed by atoms with van der Waals surface area (Å²) in [5.41, 5.74) is 0.710. The van der Waals surface area contributed by atoms with Gasteiger partial charge >= 0.3 is 6.18 Å². The second kappa shape index (κ2) is 9.60. The summed E-state index contributed by atoms with van der Waals surface area (Å²) in [5.74, 6) is -0.797. The summed E-state index contributed by atoms with van der Waals surface area (Å²) in [4.78, 5) is 12.2. The third-order valence-corrected chi connectivity index (χ3v) is 3.97. The van der Waals surface area contributed by atoms with Crippen LogP contribution in [0.1, 0.15) is 30.9 Å². The summed E-state index contributed by atoms with van der Waals surface area (Å²) in [6.07, 6.45) is -0.102. The Morgan fingerprint density at radius 1 is 1.14 bits per heavy atom. The molecule has 2 rings (SSSR count). The van der Waals surface area contributed by atoms with E-state index >= 15 is 0 Å². The summed E-state index contributed by atoms with van der Waals surface area (Å²) in [5, 5.41) is 14.3. The van der Waals surface area contributed by atoms with Crippen LogP contribution in [0.4, 0.5) is 24.5 Å². The first-order valence-corrected chi connectivity index (χ1v) is 8.78. The lowest BCUT2D eigenvalue weighted by molar-refractivity contribution is -0.137. The van der Waals surface area contributed by atoms with Crippen molar-refractivity contribution >= 4 is 17.3 Å². The van der Waals surface area contributed by atoms with Crippen LogP contribution in [0.3, 0.4) is 0 Å². The van der Waals surface area contributed by atoms with E-state index in [9.17, 15) is 23.2 Å². The number of hydrogen-bond acceptors (Lipinski definition) is 3. The molecule has 2 aromatic rings. The largest absolute Gasteiger partial charge is 0.416 e. The number of hydrogen-bond donors (Lipinski definition) is 2. The Hall–Kier alpha value is -3.27. The highest BCUT2D eigenvalue weighted by molar-refractivity contribution is 6.06. The van der Waals surface area contributed by atoms with Crippen molar-refractivity contribution in [3.05, 3.63) is 71.4 Å². The predicted octanol–water partition coefficient (Wildman–Crippen LogP) is 5.51. The number of alkyl halides is 3. The number of carbonyl (C=O) groups excluding carboxylic acids is 1. The molecule has 0 aromatic heterocycles. The number of anilines is 2. The third kappa shape index (κ3) is 6.16. The van der Waals surface area contributed by atoms with E-state index in [1.54, 1.807) is 6.07 Å². The van der Waals surface area contributed by atoms with E-state index in [1.807, 2.05) is 24.3 Å². The first kappa shape index (κ1) is 21.0. The van der Waals surface area contributed by atoms with E-state index in [0.717, 1.165) is 31.4 Å². The van der Waals surface area contributed by atoms with Crippen LogP contribution in [-0.2, 0) is 17.4 Å². The molecule has 1 amide bonds. The molecule has 0 bridgehead atoms. The second-order valence-electron chi connectivity index (χ2n) is 6.15. The lowest BCUT2D eigenvalue weighted by Gasteiger charge is -2.10. The van der Waals surface area contributed by atoms with Crippen LogP contribution in [0, 0.1) is 11.3 Å².